The number of aryl methyl sites for hydroxylation is 4. The molecule has 2 aromatic heterocycles. The van der Waals surface area contributed by atoms with Crippen LogP contribution in [-0.2, 0) is 19.3 Å². The molecule has 3 rings (SSSR count). The molecule has 22 heavy (non-hydrogen) atoms. The van der Waals surface area contributed by atoms with Crippen LogP contribution in [0.15, 0.2) is 25.8 Å². The standard InChI is InChI=1S/C18H19ClO3/c1-4-11-8-16(20)22-17-10(3)18-14(9-13(11)17)12(6-7-19)15(5-2)21-18/h8-9H,4-7H2,1-3H3. The van der Waals surface area contributed by atoms with Gasteiger partial charge < -0.3 is 8.83 Å². The summed E-state index contributed by atoms with van der Waals surface area (Å²) in [6.45, 7) is 6.06. The van der Waals surface area contributed by atoms with Crippen molar-refractivity contribution < 1.29 is 8.83 Å². The van der Waals surface area contributed by atoms with Crippen LogP contribution in [0.5, 0.6) is 0 Å². The first-order valence-electron chi connectivity index (χ1n) is 7.67. The Morgan fingerprint density at radius 1 is 1.05 bits per heavy atom. The topological polar surface area (TPSA) is 43.4 Å². The van der Waals surface area contributed by atoms with E-state index in [1.807, 2.05) is 13.8 Å². The number of rotatable bonds is 4. The van der Waals surface area contributed by atoms with E-state index in [0.717, 1.165) is 52.5 Å². The van der Waals surface area contributed by atoms with Crippen LogP contribution in [0.4, 0.5) is 0 Å². The zero-order valence-electron chi connectivity index (χ0n) is 13.1. The molecule has 116 valence electrons. The SMILES string of the molecule is CCc1oc2c(C)c3oc(=O)cc(CC)c3cc2c1CCCl. The van der Waals surface area contributed by atoms with Crippen molar-refractivity contribution in [2.75, 3.05) is 5.88 Å². The van der Waals surface area contributed by atoms with E-state index in [0.29, 0.717) is 11.5 Å². The van der Waals surface area contributed by atoms with E-state index < -0.39 is 0 Å². The van der Waals surface area contributed by atoms with E-state index in [2.05, 4.69) is 13.0 Å². The van der Waals surface area contributed by atoms with Gasteiger partial charge in [0, 0.05) is 40.3 Å². The van der Waals surface area contributed by atoms with Gasteiger partial charge in [0.15, 0.2) is 0 Å². The maximum absolute atomic E-state index is 11.8. The van der Waals surface area contributed by atoms with Crippen LogP contribution in [0.2, 0.25) is 0 Å². The summed E-state index contributed by atoms with van der Waals surface area (Å²) in [5, 5.41) is 2.08. The van der Waals surface area contributed by atoms with Crippen molar-refractivity contribution in [1.29, 1.82) is 0 Å². The maximum atomic E-state index is 11.8. The molecule has 0 aliphatic heterocycles. The Balaban J connectivity index is 2.48. The number of fused-ring (bicyclic) bond motifs is 2. The zero-order valence-corrected chi connectivity index (χ0v) is 13.8. The van der Waals surface area contributed by atoms with Gasteiger partial charge in [-0.3, -0.25) is 0 Å². The number of hydrogen-bond acceptors (Lipinski definition) is 3. The van der Waals surface area contributed by atoms with E-state index in [-0.39, 0.29) is 5.63 Å². The fourth-order valence-corrected chi connectivity index (χ4v) is 3.33. The Morgan fingerprint density at radius 2 is 1.77 bits per heavy atom. The molecular formula is C18H19ClO3. The van der Waals surface area contributed by atoms with Gasteiger partial charge in [0.05, 0.1) is 0 Å². The molecule has 0 atom stereocenters. The molecule has 0 unspecified atom stereocenters. The van der Waals surface area contributed by atoms with Gasteiger partial charge in [-0.15, -0.1) is 11.6 Å². The van der Waals surface area contributed by atoms with Crippen molar-refractivity contribution in [3.8, 4) is 0 Å². The predicted octanol–water partition coefficient (Wildman–Crippen LogP) is 4.75. The van der Waals surface area contributed by atoms with Gasteiger partial charge in [0.25, 0.3) is 0 Å². The number of alkyl halides is 1. The lowest BCUT2D eigenvalue weighted by molar-refractivity contribution is 0.541. The molecule has 0 amide bonds. The third kappa shape index (κ3) is 2.24. The van der Waals surface area contributed by atoms with Crippen molar-refractivity contribution >= 4 is 33.5 Å². The lowest BCUT2D eigenvalue weighted by Gasteiger charge is -2.06. The van der Waals surface area contributed by atoms with Gasteiger partial charge in [-0.05, 0) is 31.4 Å². The predicted molar refractivity (Wildman–Crippen MR) is 90.2 cm³/mol. The molecular weight excluding hydrogens is 300 g/mol. The summed E-state index contributed by atoms with van der Waals surface area (Å²) in [4.78, 5) is 11.8. The molecule has 0 N–H and O–H groups in total. The average molecular weight is 319 g/mol. The number of furan rings is 1. The fraction of sp³-hybridized carbons (Fsp3) is 0.389. The highest BCUT2D eigenvalue weighted by atomic mass is 35.5. The highest BCUT2D eigenvalue weighted by molar-refractivity contribution is 6.18. The second-order valence-corrected chi connectivity index (χ2v) is 5.87. The molecule has 0 aliphatic carbocycles. The highest BCUT2D eigenvalue weighted by Gasteiger charge is 2.18. The molecule has 0 radical (unpaired) electrons. The van der Waals surface area contributed by atoms with E-state index in [1.165, 1.54) is 5.56 Å². The third-order valence-electron chi connectivity index (χ3n) is 4.23. The molecule has 0 saturated carbocycles. The molecule has 2 heterocycles. The zero-order chi connectivity index (χ0) is 15.9. The third-order valence-corrected chi connectivity index (χ3v) is 4.42. The summed E-state index contributed by atoms with van der Waals surface area (Å²) in [6.07, 6.45) is 2.39. The minimum absolute atomic E-state index is 0.310. The normalized spacial score (nSPS) is 11.6. The van der Waals surface area contributed by atoms with Gasteiger partial charge in [0.2, 0.25) is 0 Å². The molecule has 0 aliphatic rings. The molecule has 0 bridgehead atoms. The van der Waals surface area contributed by atoms with E-state index in [4.69, 9.17) is 20.4 Å². The Labute approximate surface area is 133 Å². The lowest BCUT2D eigenvalue weighted by Crippen LogP contribution is -2.01. The van der Waals surface area contributed by atoms with Gasteiger partial charge in [-0.25, -0.2) is 4.79 Å². The monoisotopic (exact) mass is 318 g/mol. The molecule has 0 saturated heterocycles. The minimum atomic E-state index is -0.310. The van der Waals surface area contributed by atoms with Crippen LogP contribution in [0, 0.1) is 6.92 Å². The summed E-state index contributed by atoms with van der Waals surface area (Å²) in [7, 11) is 0. The lowest BCUT2D eigenvalue weighted by atomic mass is 9.99. The quantitative estimate of drug-likeness (QED) is 0.515. The van der Waals surface area contributed by atoms with Gasteiger partial charge in [-0.2, -0.15) is 0 Å². The summed E-state index contributed by atoms with van der Waals surface area (Å²) in [6, 6.07) is 3.67. The number of benzene rings is 1. The highest BCUT2D eigenvalue weighted by Crippen LogP contribution is 2.35. The Morgan fingerprint density at radius 3 is 2.41 bits per heavy atom. The largest absolute Gasteiger partial charge is 0.460 e. The number of hydrogen-bond donors (Lipinski definition) is 0. The maximum Gasteiger partial charge on any atom is 0.336 e. The van der Waals surface area contributed by atoms with E-state index in [1.54, 1.807) is 6.07 Å². The summed E-state index contributed by atoms with van der Waals surface area (Å²) in [5.74, 6) is 1.53. The summed E-state index contributed by atoms with van der Waals surface area (Å²) < 4.78 is 11.5. The molecule has 0 spiro atoms. The van der Waals surface area contributed by atoms with Crippen LogP contribution in [0.3, 0.4) is 0 Å². The number of halogens is 1. The molecule has 3 aromatic rings. The summed E-state index contributed by atoms with van der Waals surface area (Å²) >= 11 is 5.96. The van der Waals surface area contributed by atoms with Crippen molar-refractivity contribution in [1.82, 2.24) is 0 Å². The first kappa shape index (κ1) is 15.2. The van der Waals surface area contributed by atoms with Gasteiger partial charge >= 0.3 is 5.63 Å². The fourth-order valence-electron chi connectivity index (χ4n) is 3.14. The van der Waals surface area contributed by atoms with E-state index >= 15 is 0 Å². The first-order valence-corrected chi connectivity index (χ1v) is 8.20. The van der Waals surface area contributed by atoms with Crippen molar-refractivity contribution in [3.63, 3.8) is 0 Å². The average Bonchev–Trinajstić information content (AvgIpc) is 2.86. The van der Waals surface area contributed by atoms with Crippen LogP contribution < -0.4 is 5.63 Å². The molecule has 3 nitrogen and oxygen atoms in total. The van der Waals surface area contributed by atoms with Crippen LogP contribution in [0.1, 0.15) is 36.3 Å². The van der Waals surface area contributed by atoms with Crippen molar-refractivity contribution in [2.24, 2.45) is 0 Å². The first-order chi connectivity index (χ1) is 10.6. The second kappa shape index (κ2) is 5.81. The molecule has 1 aromatic carbocycles. The van der Waals surface area contributed by atoms with Gasteiger partial charge in [0.1, 0.15) is 16.9 Å². The molecule has 0 fully saturated rings. The smallest absolute Gasteiger partial charge is 0.336 e. The second-order valence-electron chi connectivity index (χ2n) is 5.50. The van der Waals surface area contributed by atoms with Crippen molar-refractivity contribution in [2.45, 2.75) is 40.0 Å². The Bertz CT molecular complexity index is 902. The van der Waals surface area contributed by atoms with Crippen molar-refractivity contribution in [3.05, 3.63) is 45.0 Å². The Hall–Kier alpha value is -1.74. The summed E-state index contributed by atoms with van der Waals surface area (Å²) in [5.41, 5.74) is 4.19. The Kier molecular flexibility index (Phi) is 4.00. The van der Waals surface area contributed by atoms with Gasteiger partial charge in [-0.1, -0.05) is 13.8 Å². The van der Waals surface area contributed by atoms with E-state index in [9.17, 15) is 4.79 Å². The minimum Gasteiger partial charge on any atom is -0.460 e. The van der Waals surface area contributed by atoms with Crippen LogP contribution in [0.25, 0.3) is 21.9 Å². The van der Waals surface area contributed by atoms with Crippen LogP contribution >= 0.6 is 11.6 Å². The van der Waals surface area contributed by atoms with Crippen LogP contribution in [-0.4, -0.2) is 5.88 Å². The molecule has 4 heteroatoms.